The Hall–Kier alpha value is -1.30. The van der Waals surface area contributed by atoms with Gasteiger partial charge in [-0.15, -0.1) is 0 Å². The van der Waals surface area contributed by atoms with Crippen LogP contribution in [0, 0.1) is 5.92 Å². The zero-order valence-electron chi connectivity index (χ0n) is 17.5. The molecule has 0 aromatic heterocycles. The van der Waals surface area contributed by atoms with Crippen LogP contribution in [0.1, 0.15) is 58.9 Å². The topological polar surface area (TPSA) is 59.0 Å². The van der Waals surface area contributed by atoms with Crippen LogP contribution in [-0.4, -0.2) is 48.0 Å². The molecule has 1 heterocycles. The molecule has 1 aliphatic rings. The van der Waals surface area contributed by atoms with Crippen molar-refractivity contribution in [2.45, 2.75) is 64.6 Å². The molecule has 5 nitrogen and oxygen atoms in total. The molecule has 2 rings (SSSR count). The summed E-state index contributed by atoms with van der Waals surface area (Å²) in [5.74, 6) is 0.0961. The van der Waals surface area contributed by atoms with E-state index < -0.39 is 11.2 Å². The molecule has 0 spiro atoms. The summed E-state index contributed by atoms with van der Waals surface area (Å²) >= 11 is 6.29. The molecule has 1 aromatic rings. The summed E-state index contributed by atoms with van der Waals surface area (Å²) in [5.41, 5.74) is -0.111. The highest BCUT2D eigenvalue weighted by atomic mass is 35.5. The number of hydrogen-bond donors (Lipinski definition) is 1. The number of carbonyl (C=O) groups excluding carboxylic acids is 1. The molecule has 1 unspecified atom stereocenters. The number of halogens is 1. The number of aliphatic hydroxyl groups excluding tert-OH is 1. The first kappa shape index (κ1) is 23.0. The Balaban J connectivity index is 2.34. The minimum Gasteiger partial charge on any atom is -0.444 e. The van der Waals surface area contributed by atoms with Gasteiger partial charge in [-0.25, -0.2) is 4.79 Å². The summed E-state index contributed by atoms with van der Waals surface area (Å²) in [5, 5.41) is 10.1. The molecule has 1 N–H and O–H groups in total. The fourth-order valence-corrected chi connectivity index (χ4v) is 4.25. The van der Waals surface area contributed by atoms with Gasteiger partial charge in [0.1, 0.15) is 5.60 Å². The van der Waals surface area contributed by atoms with Crippen LogP contribution in [0.15, 0.2) is 24.3 Å². The number of amides is 1. The number of hydrogen-bond acceptors (Lipinski definition) is 4. The van der Waals surface area contributed by atoms with Crippen molar-refractivity contribution in [1.82, 2.24) is 4.90 Å². The van der Waals surface area contributed by atoms with Gasteiger partial charge in [-0.1, -0.05) is 37.1 Å². The summed E-state index contributed by atoms with van der Waals surface area (Å²) < 4.78 is 11.9. The molecule has 0 radical (unpaired) electrons. The number of likely N-dealkylation sites (tertiary alicyclic amines) is 1. The molecule has 1 aliphatic heterocycles. The molecule has 0 saturated carbocycles. The molecular weight excluding hydrogens is 378 g/mol. The average Bonchev–Trinajstić information content (AvgIpc) is 2.64. The third-order valence-corrected chi connectivity index (χ3v) is 5.35. The Morgan fingerprint density at radius 1 is 1.36 bits per heavy atom. The van der Waals surface area contributed by atoms with Crippen LogP contribution < -0.4 is 0 Å². The third-order valence-electron chi connectivity index (χ3n) is 5.12. The van der Waals surface area contributed by atoms with Gasteiger partial charge in [-0.2, -0.15) is 0 Å². The van der Waals surface area contributed by atoms with Gasteiger partial charge in [0.15, 0.2) is 0 Å². The van der Waals surface area contributed by atoms with Crippen LogP contribution in [0.25, 0.3) is 0 Å². The van der Waals surface area contributed by atoms with Gasteiger partial charge in [0, 0.05) is 24.0 Å². The van der Waals surface area contributed by atoms with E-state index in [0.29, 0.717) is 18.1 Å². The lowest BCUT2D eigenvalue weighted by Gasteiger charge is -2.46. The second kappa shape index (κ2) is 9.95. The lowest BCUT2D eigenvalue weighted by molar-refractivity contribution is -0.123. The predicted molar refractivity (Wildman–Crippen MR) is 112 cm³/mol. The van der Waals surface area contributed by atoms with E-state index in [1.807, 2.05) is 45.0 Å². The fourth-order valence-electron chi connectivity index (χ4n) is 4.06. The summed E-state index contributed by atoms with van der Waals surface area (Å²) in [4.78, 5) is 14.4. The highest BCUT2D eigenvalue weighted by Crippen LogP contribution is 2.43. The van der Waals surface area contributed by atoms with Crippen molar-refractivity contribution in [1.29, 1.82) is 0 Å². The van der Waals surface area contributed by atoms with E-state index in [2.05, 4.69) is 6.92 Å². The van der Waals surface area contributed by atoms with E-state index in [4.69, 9.17) is 21.1 Å². The SMILES string of the molecule is CCC[C@](OCCO)(c1cccc(Cl)c1)C1CCCN(C(=O)OC(C)(C)C)C1. The van der Waals surface area contributed by atoms with E-state index >= 15 is 0 Å². The smallest absolute Gasteiger partial charge is 0.410 e. The van der Waals surface area contributed by atoms with Crippen LogP contribution in [0.3, 0.4) is 0 Å². The number of aliphatic hydroxyl groups is 1. The molecule has 2 atom stereocenters. The molecule has 1 aromatic carbocycles. The molecule has 6 heteroatoms. The fraction of sp³-hybridized carbons (Fsp3) is 0.682. The first-order chi connectivity index (χ1) is 13.2. The minimum absolute atomic E-state index is 0.0471. The van der Waals surface area contributed by atoms with Crippen molar-refractivity contribution in [2.75, 3.05) is 26.3 Å². The summed E-state index contributed by atoms with van der Waals surface area (Å²) in [7, 11) is 0. The number of nitrogens with zero attached hydrogens (tertiary/aromatic N) is 1. The van der Waals surface area contributed by atoms with Crippen molar-refractivity contribution in [3.05, 3.63) is 34.9 Å². The van der Waals surface area contributed by atoms with Crippen molar-refractivity contribution in [3.8, 4) is 0 Å². The summed E-state index contributed by atoms with van der Waals surface area (Å²) in [6, 6.07) is 7.76. The molecule has 0 bridgehead atoms. The Morgan fingerprint density at radius 2 is 2.11 bits per heavy atom. The van der Waals surface area contributed by atoms with Gasteiger partial charge in [-0.3, -0.25) is 0 Å². The van der Waals surface area contributed by atoms with E-state index in [1.54, 1.807) is 4.90 Å². The number of ether oxygens (including phenoxy) is 2. The standard InChI is InChI=1S/C22H34ClNO4/c1-5-11-22(27-14-13-25,17-8-6-10-19(23)15-17)18-9-7-12-24(16-18)20(26)28-21(2,3)4/h6,8,10,15,18,25H,5,7,9,11-14,16H2,1-4H3/t18?,22-/m0/s1. The highest BCUT2D eigenvalue weighted by Gasteiger charge is 2.44. The van der Waals surface area contributed by atoms with Crippen molar-refractivity contribution < 1.29 is 19.4 Å². The van der Waals surface area contributed by atoms with Gasteiger partial charge in [-0.05, 0) is 57.7 Å². The maximum absolute atomic E-state index is 12.7. The summed E-state index contributed by atoms with van der Waals surface area (Å²) in [6.45, 7) is 9.20. The van der Waals surface area contributed by atoms with E-state index in [-0.39, 0.29) is 25.2 Å². The monoisotopic (exact) mass is 411 g/mol. The lowest BCUT2D eigenvalue weighted by atomic mass is 9.74. The Labute approximate surface area is 174 Å². The zero-order chi connectivity index (χ0) is 20.8. The molecular formula is C22H34ClNO4. The van der Waals surface area contributed by atoms with Crippen LogP contribution in [0.5, 0.6) is 0 Å². The van der Waals surface area contributed by atoms with Gasteiger partial charge < -0.3 is 19.5 Å². The number of rotatable bonds is 7. The van der Waals surface area contributed by atoms with Crippen LogP contribution in [0.4, 0.5) is 4.79 Å². The van der Waals surface area contributed by atoms with Gasteiger partial charge in [0.25, 0.3) is 0 Å². The van der Waals surface area contributed by atoms with E-state index in [1.165, 1.54) is 0 Å². The second-order valence-corrected chi connectivity index (χ2v) is 8.92. The predicted octanol–water partition coefficient (Wildman–Crippen LogP) is 4.99. The minimum atomic E-state index is -0.594. The second-order valence-electron chi connectivity index (χ2n) is 8.49. The quantitative estimate of drug-likeness (QED) is 0.686. The Bertz CT molecular complexity index is 646. The van der Waals surface area contributed by atoms with Gasteiger partial charge in [0.05, 0.1) is 18.8 Å². The number of piperidine rings is 1. The first-order valence-electron chi connectivity index (χ1n) is 10.2. The maximum Gasteiger partial charge on any atom is 0.410 e. The highest BCUT2D eigenvalue weighted by molar-refractivity contribution is 6.30. The summed E-state index contributed by atoms with van der Waals surface area (Å²) in [6.07, 6.45) is 3.26. The lowest BCUT2D eigenvalue weighted by Crippen LogP contribution is -2.50. The van der Waals surface area contributed by atoms with Crippen molar-refractivity contribution in [3.63, 3.8) is 0 Å². The molecule has 28 heavy (non-hydrogen) atoms. The first-order valence-corrected chi connectivity index (χ1v) is 10.6. The van der Waals surface area contributed by atoms with Crippen molar-refractivity contribution >= 4 is 17.7 Å². The maximum atomic E-state index is 12.7. The molecule has 1 fully saturated rings. The van der Waals surface area contributed by atoms with Gasteiger partial charge in [0.2, 0.25) is 0 Å². The van der Waals surface area contributed by atoms with Gasteiger partial charge >= 0.3 is 6.09 Å². The largest absolute Gasteiger partial charge is 0.444 e. The van der Waals surface area contributed by atoms with Crippen LogP contribution in [-0.2, 0) is 15.1 Å². The third kappa shape index (κ3) is 5.85. The molecule has 1 saturated heterocycles. The zero-order valence-corrected chi connectivity index (χ0v) is 18.3. The number of carbonyl (C=O) groups is 1. The Kier molecular flexibility index (Phi) is 8.17. The van der Waals surface area contributed by atoms with Crippen LogP contribution >= 0.6 is 11.6 Å². The van der Waals surface area contributed by atoms with E-state index in [9.17, 15) is 9.90 Å². The average molecular weight is 412 g/mol. The normalized spacial score (nSPS) is 19.9. The molecule has 158 valence electrons. The van der Waals surface area contributed by atoms with Crippen LogP contribution in [0.2, 0.25) is 5.02 Å². The Morgan fingerprint density at radius 3 is 2.71 bits per heavy atom. The van der Waals surface area contributed by atoms with Crippen molar-refractivity contribution in [2.24, 2.45) is 5.92 Å². The van der Waals surface area contributed by atoms with E-state index in [0.717, 1.165) is 31.2 Å². The molecule has 0 aliphatic carbocycles. The number of benzene rings is 1. The molecule has 1 amide bonds.